The van der Waals surface area contributed by atoms with E-state index < -0.39 is 0 Å². The molecule has 0 atom stereocenters. The molecule has 0 aromatic heterocycles. The number of anilines is 1. The van der Waals surface area contributed by atoms with Crippen molar-refractivity contribution >= 4 is 46.2 Å². The molecular weight excluding hydrogens is 359 g/mol. The second kappa shape index (κ2) is 8.19. The van der Waals surface area contributed by atoms with Gasteiger partial charge in [-0.05, 0) is 61.2 Å². The Kier molecular flexibility index (Phi) is 5.99. The molecule has 2 nitrogen and oxygen atoms in total. The third-order valence-electron chi connectivity index (χ3n) is 4.44. The van der Waals surface area contributed by atoms with E-state index >= 15 is 0 Å². The summed E-state index contributed by atoms with van der Waals surface area (Å²) in [4.78, 5) is 2.24. The molecule has 24 heavy (non-hydrogen) atoms. The van der Waals surface area contributed by atoms with Crippen LogP contribution in [-0.4, -0.2) is 23.1 Å². The van der Waals surface area contributed by atoms with Gasteiger partial charge < -0.3 is 10.2 Å². The molecule has 0 amide bonds. The Balaban J connectivity index is 1.50. The molecule has 0 spiro atoms. The molecule has 1 saturated heterocycles. The molecule has 0 aliphatic carbocycles. The molecule has 0 unspecified atom stereocenters. The monoisotopic (exact) mass is 378 g/mol. The second-order valence-electron chi connectivity index (χ2n) is 6.18. The number of nitrogens with zero attached hydrogens (tertiary/aromatic N) is 1. The minimum absolute atomic E-state index is 0.533. The van der Waals surface area contributed by atoms with E-state index in [2.05, 4.69) is 40.5 Å². The number of hydrogen-bond acceptors (Lipinski definition) is 1. The summed E-state index contributed by atoms with van der Waals surface area (Å²) >= 11 is 17.5. The van der Waals surface area contributed by atoms with Gasteiger partial charge >= 0.3 is 0 Å². The summed E-state index contributed by atoms with van der Waals surface area (Å²) in [6, 6.07) is 16.2. The minimum atomic E-state index is 0.533. The van der Waals surface area contributed by atoms with Crippen LogP contribution in [0.1, 0.15) is 18.4 Å². The Morgan fingerprint density at radius 3 is 2.42 bits per heavy atom. The van der Waals surface area contributed by atoms with Gasteiger partial charge in [0, 0.05) is 18.8 Å². The zero-order valence-corrected chi connectivity index (χ0v) is 15.7. The van der Waals surface area contributed by atoms with Gasteiger partial charge in [0.1, 0.15) is 0 Å². The van der Waals surface area contributed by atoms with Crippen LogP contribution in [0.2, 0.25) is 10.0 Å². The van der Waals surface area contributed by atoms with Crippen molar-refractivity contribution < 1.29 is 0 Å². The summed E-state index contributed by atoms with van der Waals surface area (Å²) in [5, 5.41) is 5.10. The van der Waals surface area contributed by atoms with Crippen molar-refractivity contribution in [2.75, 3.05) is 18.4 Å². The zero-order chi connectivity index (χ0) is 16.9. The number of halogens is 2. The van der Waals surface area contributed by atoms with Gasteiger partial charge in [-0.2, -0.15) is 0 Å². The molecule has 2 aromatic carbocycles. The highest BCUT2D eigenvalue weighted by Crippen LogP contribution is 2.26. The fourth-order valence-corrected chi connectivity index (χ4v) is 3.66. The van der Waals surface area contributed by atoms with E-state index in [1.807, 2.05) is 6.07 Å². The van der Waals surface area contributed by atoms with Crippen molar-refractivity contribution in [3.8, 4) is 0 Å². The van der Waals surface area contributed by atoms with Crippen molar-refractivity contribution in [1.29, 1.82) is 0 Å². The van der Waals surface area contributed by atoms with Gasteiger partial charge in [0.2, 0.25) is 0 Å². The summed E-state index contributed by atoms with van der Waals surface area (Å²) in [5.74, 6) is 0.733. The maximum Gasteiger partial charge on any atom is 0.173 e. The van der Waals surface area contributed by atoms with Gasteiger partial charge in [0.25, 0.3) is 0 Å². The van der Waals surface area contributed by atoms with Gasteiger partial charge in [0.15, 0.2) is 5.11 Å². The smallest absolute Gasteiger partial charge is 0.173 e. The van der Waals surface area contributed by atoms with E-state index in [0.717, 1.165) is 49.1 Å². The lowest BCUT2D eigenvalue weighted by atomic mass is 9.90. The highest BCUT2D eigenvalue weighted by atomic mass is 35.5. The molecular formula is C19H20Cl2N2S. The van der Waals surface area contributed by atoms with Crippen LogP contribution < -0.4 is 5.32 Å². The SMILES string of the molecule is S=C(Nc1ccc(Cl)c(Cl)c1)N1CCC(Cc2ccccc2)CC1. The highest BCUT2D eigenvalue weighted by molar-refractivity contribution is 7.80. The summed E-state index contributed by atoms with van der Waals surface area (Å²) in [6.07, 6.45) is 3.48. The Morgan fingerprint density at radius 1 is 1.04 bits per heavy atom. The van der Waals surface area contributed by atoms with Gasteiger partial charge in [-0.25, -0.2) is 0 Å². The fourth-order valence-electron chi connectivity index (χ4n) is 3.06. The average molecular weight is 379 g/mol. The molecule has 0 radical (unpaired) electrons. The van der Waals surface area contributed by atoms with E-state index in [4.69, 9.17) is 35.4 Å². The molecule has 1 aliphatic rings. The summed E-state index contributed by atoms with van der Waals surface area (Å²) in [7, 11) is 0. The van der Waals surface area contributed by atoms with E-state index in [9.17, 15) is 0 Å². The fraction of sp³-hybridized carbons (Fsp3) is 0.316. The predicted octanol–water partition coefficient (Wildman–Crippen LogP) is 5.64. The molecule has 5 heteroatoms. The van der Waals surface area contributed by atoms with Crippen LogP contribution in [0, 0.1) is 5.92 Å². The molecule has 2 aromatic rings. The predicted molar refractivity (Wildman–Crippen MR) is 107 cm³/mol. The first-order valence-corrected chi connectivity index (χ1v) is 9.33. The topological polar surface area (TPSA) is 15.3 Å². The van der Waals surface area contributed by atoms with Gasteiger partial charge in [-0.15, -0.1) is 0 Å². The third kappa shape index (κ3) is 4.62. The molecule has 1 fully saturated rings. The first-order chi connectivity index (χ1) is 11.6. The van der Waals surface area contributed by atoms with Crippen LogP contribution in [0.25, 0.3) is 0 Å². The number of benzene rings is 2. The minimum Gasteiger partial charge on any atom is -0.349 e. The second-order valence-corrected chi connectivity index (χ2v) is 7.38. The Morgan fingerprint density at radius 2 is 1.75 bits per heavy atom. The lowest BCUT2D eigenvalue weighted by Gasteiger charge is -2.34. The normalized spacial score (nSPS) is 15.3. The highest BCUT2D eigenvalue weighted by Gasteiger charge is 2.21. The molecule has 0 saturated carbocycles. The van der Waals surface area contributed by atoms with Crippen molar-refractivity contribution in [2.45, 2.75) is 19.3 Å². The van der Waals surface area contributed by atoms with Gasteiger partial charge in [-0.3, -0.25) is 0 Å². The standard InChI is InChI=1S/C19H20Cl2N2S/c20-17-7-6-16(13-18(17)21)22-19(24)23-10-8-15(9-11-23)12-14-4-2-1-3-5-14/h1-7,13,15H,8-12H2,(H,22,24). The lowest BCUT2D eigenvalue weighted by Crippen LogP contribution is -2.41. The summed E-state index contributed by atoms with van der Waals surface area (Å²) in [5.41, 5.74) is 2.30. The Hall–Kier alpha value is -1.29. The molecule has 1 N–H and O–H groups in total. The zero-order valence-electron chi connectivity index (χ0n) is 13.3. The number of nitrogens with one attached hydrogen (secondary N) is 1. The van der Waals surface area contributed by atoms with Gasteiger partial charge in [0.05, 0.1) is 10.0 Å². The number of likely N-dealkylation sites (tertiary alicyclic amines) is 1. The molecule has 1 heterocycles. The Bertz CT molecular complexity index is 698. The number of rotatable bonds is 3. The third-order valence-corrected chi connectivity index (χ3v) is 5.54. The van der Waals surface area contributed by atoms with Crippen LogP contribution >= 0.6 is 35.4 Å². The van der Waals surface area contributed by atoms with Gasteiger partial charge in [-0.1, -0.05) is 53.5 Å². The molecule has 3 rings (SSSR count). The summed E-state index contributed by atoms with van der Waals surface area (Å²) < 4.78 is 0. The first-order valence-electron chi connectivity index (χ1n) is 8.17. The van der Waals surface area contributed by atoms with E-state index in [0.29, 0.717) is 10.0 Å². The van der Waals surface area contributed by atoms with Crippen LogP contribution in [0.5, 0.6) is 0 Å². The van der Waals surface area contributed by atoms with Crippen LogP contribution in [0.15, 0.2) is 48.5 Å². The molecule has 0 bridgehead atoms. The first kappa shape index (κ1) is 17.5. The van der Waals surface area contributed by atoms with E-state index in [-0.39, 0.29) is 0 Å². The maximum absolute atomic E-state index is 6.05. The Labute approximate surface area is 158 Å². The van der Waals surface area contributed by atoms with E-state index in [1.165, 1.54) is 5.56 Å². The lowest BCUT2D eigenvalue weighted by molar-refractivity contribution is 0.268. The molecule has 1 aliphatic heterocycles. The van der Waals surface area contributed by atoms with Crippen LogP contribution in [0.3, 0.4) is 0 Å². The quantitative estimate of drug-likeness (QED) is 0.695. The van der Waals surface area contributed by atoms with Crippen molar-refractivity contribution in [3.05, 3.63) is 64.1 Å². The number of piperidine rings is 1. The number of thiocarbonyl (C=S) groups is 1. The number of hydrogen-bond donors (Lipinski definition) is 1. The maximum atomic E-state index is 6.05. The van der Waals surface area contributed by atoms with Crippen molar-refractivity contribution in [1.82, 2.24) is 4.90 Å². The summed E-state index contributed by atoms with van der Waals surface area (Å²) in [6.45, 7) is 1.98. The van der Waals surface area contributed by atoms with Crippen LogP contribution in [-0.2, 0) is 6.42 Å². The van der Waals surface area contributed by atoms with Crippen molar-refractivity contribution in [3.63, 3.8) is 0 Å². The van der Waals surface area contributed by atoms with Crippen molar-refractivity contribution in [2.24, 2.45) is 5.92 Å². The average Bonchev–Trinajstić information content (AvgIpc) is 2.60. The largest absolute Gasteiger partial charge is 0.349 e. The molecule has 126 valence electrons. The van der Waals surface area contributed by atoms with E-state index in [1.54, 1.807) is 12.1 Å². The van der Waals surface area contributed by atoms with Crippen LogP contribution in [0.4, 0.5) is 5.69 Å².